The first-order valence-corrected chi connectivity index (χ1v) is 6.45. The lowest BCUT2D eigenvalue weighted by molar-refractivity contribution is -0.185. The van der Waals surface area contributed by atoms with E-state index in [-0.39, 0.29) is 18.8 Å². The average molecular weight is 277 g/mol. The fraction of sp³-hybridized carbons (Fsp3) is 0.833. The van der Waals surface area contributed by atoms with Gasteiger partial charge in [0.05, 0.1) is 12.0 Å². The van der Waals surface area contributed by atoms with Crippen LogP contribution in [-0.4, -0.2) is 32.2 Å². The van der Waals surface area contributed by atoms with Gasteiger partial charge in [0.15, 0.2) is 0 Å². The molecule has 0 radical (unpaired) electrons. The van der Waals surface area contributed by atoms with Gasteiger partial charge in [-0.2, -0.15) is 18.3 Å². The highest BCUT2D eigenvalue weighted by Crippen LogP contribution is 2.40. The molecular weight excluding hydrogens is 259 g/mol. The second-order valence-electron chi connectivity index (χ2n) is 5.22. The van der Waals surface area contributed by atoms with Crippen LogP contribution in [0.2, 0.25) is 0 Å². The van der Waals surface area contributed by atoms with E-state index in [1.165, 1.54) is 6.33 Å². The highest BCUT2D eigenvalue weighted by molar-refractivity contribution is 4.90. The molecule has 1 fully saturated rings. The van der Waals surface area contributed by atoms with E-state index in [4.69, 9.17) is 0 Å². The van der Waals surface area contributed by atoms with Gasteiger partial charge in [-0.25, -0.2) is 4.98 Å². The van der Waals surface area contributed by atoms with Gasteiger partial charge in [-0.15, -0.1) is 0 Å². The molecule has 7 heteroatoms. The first kappa shape index (κ1) is 14.3. The van der Waals surface area contributed by atoms with Crippen molar-refractivity contribution < 1.29 is 18.3 Å². The number of aliphatic hydroxyl groups is 1. The molecule has 0 spiro atoms. The maximum absolute atomic E-state index is 12.5. The van der Waals surface area contributed by atoms with Crippen LogP contribution in [0.15, 0.2) is 6.33 Å². The summed E-state index contributed by atoms with van der Waals surface area (Å²) in [5.41, 5.74) is 0. The van der Waals surface area contributed by atoms with Crippen molar-refractivity contribution >= 4 is 0 Å². The van der Waals surface area contributed by atoms with E-state index < -0.39 is 18.2 Å². The third-order valence-electron chi connectivity index (χ3n) is 3.98. The second kappa shape index (κ2) is 5.48. The van der Waals surface area contributed by atoms with E-state index in [9.17, 15) is 18.3 Å². The molecule has 0 saturated heterocycles. The minimum atomic E-state index is -4.10. The Kier molecular flexibility index (Phi) is 4.13. The average Bonchev–Trinajstić information content (AvgIpc) is 2.74. The zero-order valence-corrected chi connectivity index (χ0v) is 10.8. The molecule has 1 N–H and O–H groups in total. The Labute approximate surface area is 109 Å². The Morgan fingerprint density at radius 3 is 2.47 bits per heavy atom. The molecular formula is C12H18F3N3O. The summed E-state index contributed by atoms with van der Waals surface area (Å²) >= 11 is 0. The number of aliphatic hydroxyl groups excluding tert-OH is 1. The lowest BCUT2D eigenvalue weighted by Crippen LogP contribution is -2.33. The van der Waals surface area contributed by atoms with Crippen LogP contribution in [-0.2, 0) is 13.5 Å². The van der Waals surface area contributed by atoms with Crippen molar-refractivity contribution in [3.8, 4) is 0 Å². The molecule has 1 heterocycles. The number of hydrogen-bond acceptors (Lipinski definition) is 3. The van der Waals surface area contributed by atoms with Crippen molar-refractivity contribution in [1.82, 2.24) is 14.8 Å². The van der Waals surface area contributed by atoms with Gasteiger partial charge >= 0.3 is 6.18 Å². The Hall–Kier alpha value is -1.11. The standard InChI is InChI=1S/C12H18F3N3O/c1-18-11(16-7-17-18)6-10(19)8-2-4-9(5-3-8)12(13,14)15/h7-10,19H,2-6H2,1H3. The number of hydrogen-bond donors (Lipinski definition) is 1. The Balaban J connectivity index is 1.86. The van der Waals surface area contributed by atoms with Crippen LogP contribution >= 0.6 is 0 Å². The topological polar surface area (TPSA) is 50.9 Å². The molecule has 0 bridgehead atoms. The minimum absolute atomic E-state index is 0.0738. The third kappa shape index (κ3) is 3.46. The number of aromatic nitrogens is 3. The summed E-state index contributed by atoms with van der Waals surface area (Å²) in [6.07, 6.45) is -1.92. The molecule has 1 unspecified atom stereocenters. The summed E-state index contributed by atoms with van der Waals surface area (Å²) in [5, 5.41) is 14.0. The van der Waals surface area contributed by atoms with Gasteiger partial charge in [-0.1, -0.05) is 0 Å². The molecule has 4 nitrogen and oxygen atoms in total. The predicted molar refractivity (Wildman–Crippen MR) is 62.2 cm³/mol. The molecule has 19 heavy (non-hydrogen) atoms. The van der Waals surface area contributed by atoms with E-state index in [1.54, 1.807) is 11.7 Å². The van der Waals surface area contributed by atoms with Gasteiger partial charge in [-0.3, -0.25) is 4.68 Å². The maximum Gasteiger partial charge on any atom is 0.391 e. The van der Waals surface area contributed by atoms with Crippen molar-refractivity contribution in [2.24, 2.45) is 18.9 Å². The lowest BCUT2D eigenvalue weighted by atomic mass is 9.78. The molecule has 1 atom stereocenters. The smallest absolute Gasteiger partial charge is 0.391 e. The molecule has 0 amide bonds. The normalized spacial score (nSPS) is 26.4. The first-order valence-electron chi connectivity index (χ1n) is 6.45. The second-order valence-corrected chi connectivity index (χ2v) is 5.22. The molecule has 108 valence electrons. The molecule has 0 aromatic carbocycles. The zero-order valence-electron chi connectivity index (χ0n) is 10.8. The largest absolute Gasteiger partial charge is 0.392 e. The fourth-order valence-corrected chi connectivity index (χ4v) is 2.69. The van der Waals surface area contributed by atoms with Crippen LogP contribution in [0.4, 0.5) is 13.2 Å². The summed E-state index contributed by atoms with van der Waals surface area (Å²) in [4.78, 5) is 4.02. The fourth-order valence-electron chi connectivity index (χ4n) is 2.69. The first-order chi connectivity index (χ1) is 8.88. The highest BCUT2D eigenvalue weighted by Gasteiger charge is 2.42. The van der Waals surface area contributed by atoms with Crippen LogP contribution in [0.3, 0.4) is 0 Å². The highest BCUT2D eigenvalue weighted by atomic mass is 19.4. The number of aryl methyl sites for hydroxylation is 1. The molecule has 1 aromatic heterocycles. The van der Waals surface area contributed by atoms with Gasteiger partial charge in [0.25, 0.3) is 0 Å². The van der Waals surface area contributed by atoms with Crippen LogP contribution in [0, 0.1) is 11.8 Å². The van der Waals surface area contributed by atoms with Crippen molar-refractivity contribution in [3.63, 3.8) is 0 Å². The summed E-state index contributed by atoms with van der Waals surface area (Å²) < 4.78 is 39.2. The van der Waals surface area contributed by atoms with E-state index in [1.807, 2.05) is 0 Å². The SMILES string of the molecule is Cn1ncnc1CC(O)C1CCC(C(F)(F)F)CC1. The minimum Gasteiger partial charge on any atom is -0.392 e. The lowest BCUT2D eigenvalue weighted by Gasteiger charge is -2.32. The number of alkyl halides is 3. The van der Waals surface area contributed by atoms with Crippen LogP contribution < -0.4 is 0 Å². The van der Waals surface area contributed by atoms with Crippen molar-refractivity contribution in [2.45, 2.75) is 44.4 Å². The molecule has 1 saturated carbocycles. The van der Waals surface area contributed by atoms with Gasteiger partial charge in [0.2, 0.25) is 0 Å². The van der Waals surface area contributed by atoms with E-state index in [2.05, 4.69) is 10.1 Å². The maximum atomic E-state index is 12.5. The van der Waals surface area contributed by atoms with Crippen molar-refractivity contribution in [2.75, 3.05) is 0 Å². The van der Waals surface area contributed by atoms with Crippen LogP contribution in [0.5, 0.6) is 0 Å². The Morgan fingerprint density at radius 2 is 2.00 bits per heavy atom. The van der Waals surface area contributed by atoms with E-state index in [0.717, 1.165) is 0 Å². The van der Waals surface area contributed by atoms with Gasteiger partial charge in [0.1, 0.15) is 12.2 Å². The molecule has 1 aliphatic rings. The Morgan fingerprint density at radius 1 is 1.37 bits per heavy atom. The van der Waals surface area contributed by atoms with Crippen molar-refractivity contribution in [1.29, 1.82) is 0 Å². The summed E-state index contributed by atoms with van der Waals surface area (Å²) in [5.74, 6) is -0.619. The van der Waals surface area contributed by atoms with E-state index in [0.29, 0.717) is 25.1 Å². The van der Waals surface area contributed by atoms with Crippen LogP contribution in [0.1, 0.15) is 31.5 Å². The summed E-state index contributed by atoms with van der Waals surface area (Å²) in [6.45, 7) is 0. The molecule has 2 rings (SSSR count). The number of halogens is 3. The predicted octanol–water partition coefficient (Wildman–Crippen LogP) is 2.09. The summed E-state index contributed by atoms with van der Waals surface area (Å²) in [7, 11) is 1.73. The van der Waals surface area contributed by atoms with Gasteiger partial charge < -0.3 is 5.11 Å². The molecule has 1 aliphatic carbocycles. The van der Waals surface area contributed by atoms with Crippen molar-refractivity contribution in [3.05, 3.63) is 12.2 Å². The zero-order chi connectivity index (χ0) is 14.0. The monoisotopic (exact) mass is 277 g/mol. The number of rotatable bonds is 3. The third-order valence-corrected chi connectivity index (χ3v) is 3.98. The molecule has 1 aromatic rings. The van der Waals surface area contributed by atoms with Gasteiger partial charge in [0, 0.05) is 13.5 Å². The summed E-state index contributed by atoms with van der Waals surface area (Å²) in [6, 6.07) is 0. The Bertz CT molecular complexity index is 411. The quantitative estimate of drug-likeness (QED) is 0.920. The number of nitrogens with zero attached hydrogens (tertiary/aromatic N) is 3. The van der Waals surface area contributed by atoms with Crippen LogP contribution in [0.25, 0.3) is 0 Å². The van der Waals surface area contributed by atoms with E-state index >= 15 is 0 Å². The van der Waals surface area contributed by atoms with Gasteiger partial charge in [-0.05, 0) is 31.6 Å². The molecule has 0 aliphatic heterocycles.